The fourth-order valence-corrected chi connectivity index (χ4v) is 4.04. The topological polar surface area (TPSA) is 23.5 Å². The summed E-state index contributed by atoms with van der Waals surface area (Å²) in [6.07, 6.45) is 2.87. The van der Waals surface area contributed by atoms with Crippen LogP contribution >= 0.6 is 11.8 Å². The van der Waals surface area contributed by atoms with Gasteiger partial charge in [0.2, 0.25) is 0 Å². The van der Waals surface area contributed by atoms with Crippen molar-refractivity contribution >= 4 is 11.8 Å². The van der Waals surface area contributed by atoms with Gasteiger partial charge in [0.1, 0.15) is 0 Å². The molecule has 1 aliphatic heterocycles. The average molecular weight is 327 g/mol. The fourth-order valence-electron chi connectivity index (χ4n) is 3.18. The van der Waals surface area contributed by atoms with E-state index in [9.17, 15) is 5.11 Å². The first-order chi connectivity index (χ1) is 11.3. The Balaban J connectivity index is 1.39. The predicted octanol–water partition coefficient (Wildman–Crippen LogP) is 4.15. The Kier molecular flexibility index (Phi) is 5.76. The minimum absolute atomic E-state index is 0.628. The normalized spacial score (nSPS) is 18.0. The zero-order valence-electron chi connectivity index (χ0n) is 13.5. The SMILES string of the molecule is OC1(c2ccccc2)CCN(CCCSc2ccccc2)CC1. The van der Waals surface area contributed by atoms with Crippen LogP contribution in [0.3, 0.4) is 0 Å². The van der Waals surface area contributed by atoms with Gasteiger partial charge in [-0.25, -0.2) is 0 Å². The molecule has 0 unspecified atom stereocenters. The summed E-state index contributed by atoms with van der Waals surface area (Å²) in [6, 6.07) is 20.7. The largest absolute Gasteiger partial charge is 0.385 e. The van der Waals surface area contributed by atoms with Gasteiger partial charge in [-0.1, -0.05) is 48.5 Å². The number of rotatable bonds is 6. The van der Waals surface area contributed by atoms with Crippen molar-refractivity contribution in [2.45, 2.75) is 29.8 Å². The molecule has 2 aromatic rings. The number of hydrogen-bond acceptors (Lipinski definition) is 3. The van der Waals surface area contributed by atoms with Gasteiger partial charge < -0.3 is 10.0 Å². The van der Waals surface area contributed by atoms with Crippen LogP contribution in [0.2, 0.25) is 0 Å². The summed E-state index contributed by atoms with van der Waals surface area (Å²) >= 11 is 1.93. The molecule has 0 amide bonds. The molecule has 0 aliphatic carbocycles. The molecular weight excluding hydrogens is 302 g/mol. The summed E-state index contributed by atoms with van der Waals surface area (Å²) in [5, 5.41) is 10.8. The molecule has 0 radical (unpaired) electrons. The Morgan fingerprint density at radius 3 is 2.17 bits per heavy atom. The van der Waals surface area contributed by atoms with E-state index in [0.29, 0.717) is 0 Å². The maximum atomic E-state index is 10.8. The van der Waals surface area contributed by atoms with E-state index in [0.717, 1.165) is 43.8 Å². The predicted molar refractivity (Wildman–Crippen MR) is 97.8 cm³/mol. The molecule has 2 aromatic carbocycles. The fraction of sp³-hybridized carbons (Fsp3) is 0.400. The Labute approximate surface area is 143 Å². The quantitative estimate of drug-likeness (QED) is 0.637. The van der Waals surface area contributed by atoms with Gasteiger partial charge in [0.25, 0.3) is 0 Å². The molecular formula is C20H25NOS. The summed E-state index contributed by atoms with van der Waals surface area (Å²) in [6.45, 7) is 3.10. The van der Waals surface area contributed by atoms with Crippen molar-refractivity contribution in [3.63, 3.8) is 0 Å². The van der Waals surface area contributed by atoms with E-state index in [1.165, 1.54) is 11.3 Å². The highest BCUT2D eigenvalue weighted by Gasteiger charge is 2.33. The van der Waals surface area contributed by atoms with Crippen LogP contribution in [0.15, 0.2) is 65.6 Å². The van der Waals surface area contributed by atoms with Gasteiger partial charge in [0, 0.05) is 18.0 Å². The number of nitrogens with zero attached hydrogens (tertiary/aromatic N) is 1. The number of thioether (sulfide) groups is 1. The number of benzene rings is 2. The van der Waals surface area contributed by atoms with Crippen LogP contribution in [0.4, 0.5) is 0 Å². The van der Waals surface area contributed by atoms with E-state index in [4.69, 9.17) is 0 Å². The maximum absolute atomic E-state index is 10.8. The van der Waals surface area contributed by atoms with E-state index >= 15 is 0 Å². The van der Waals surface area contributed by atoms with Gasteiger partial charge in [0.05, 0.1) is 5.60 Å². The highest BCUT2D eigenvalue weighted by atomic mass is 32.2. The van der Waals surface area contributed by atoms with Crippen molar-refractivity contribution in [1.29, 1.82) is 0 Å². The second-order valence-electron chi connectivity index (χ2n) is 6.25. The summed E-state index contributed by atoms with van der Waals surface area (Å²) in [5.41, 5.74) is 0.440. The summed E-state index contributed by atoms with van der Waals surface area (Å²) in [5.74, 6) is 1.16. The molecule has 0 spiro atoms. The summed E-state index contributed by atoms with van der Waals surface area (Å²) in [4.78, 5) is 3.84. The molecule has 0 bridgehead atoms. The number of aliphatic hydroxyl groups is 1. The number of hydrogen-bond donors (Lipinski definition) is 1. The molecule has 122 valence electrons. The van der Waals surface area contributed by atoms with Crippen LogP contribution in [-0.4, -0.2) is 35.4 Å². The lowest BCUT2D eigenvalue weighted by Crippen LogP contribution is -2.42. The Morgan fingerprint density at radius 1 is 0.913 bits per heavy atom. The molecule has 23 heavy (non-hydrogen) atoms. The van der Waals surface area contributed by atoms with Crippen molar-refractivity contribution in [3.8, 4) is 0 Å². The third kappa shape index (κ3) is 4.60. The zero-order valence-corrected chi connectivity index (χ0v) is 14.3. The Hall–Kier alpha value is -1.29. The lowest BCUT2D eigenvalue weighted by Gasteiger charge is -2.38. The maximum Gasteiger partial charge on any atom is 0.0920 e. The molecule has 0 atom stereocenters. The van der Waals surface area contributed by atoms with E-state index in [2.05, 4.69) is 35.2 Å². The van der Waals surface area contributed by atoms with Crippen LogP contribution < -0.4 is 0 Å². The highest BCUT2D eigenvalue weighted by molar-refractivity contribution is 7.99. The summed E-state index contributed by atoms with van der Waals surface area (Å²) in [7, 11) is 0. The molecule has 1 N–H and O–H groups in total. The van der Waals surface area contributed by atoms with Crippen LogP contribution in [-0.2, 0) is 5.60 Å². The van der Waals surface area contributed by atoms with Crippen molar-refractivity contribution < 1.29 is 5.11 Å². The van der Waals surface area contributed by atoms with Gasteiger partial charge >= 0.3 is 0 Å². The average Bonchev–Trinajstić information content (AvgIpc) is 2.62. The molecule has 0 saturated carbocycles. The van der Waals surface area contributed by atoms with Crippen molar-refractivity contribution in [2.24, 2.45) is 0 Å². The first-order valence-corrected chi connectivity index (χ1v) is 9.43. The van der Waals surface area contributed by atoms with Crippen molar-refractivity contribution in [2.75, 3.05) is 25.4 Å². The molecule has 1 fully saturated rings. The lowest BCUT2D eigenvalue weighted by molar-refractivity contribution is -0.0257. The standard InChI is InChI=1S/C20H25NOS/c22-20(18-8-3-1-4-9-18)12-15-21(16-13-20)14-7-17-23-19-10-5-2-6-11-19/h1-6,8-11,22H,7,12-17H2. The smallest absolute Gasteiger partial charge is 0.0920 e. The van der Waals surface area contributed by atoms with Gasteiger partial charge in [-0.3, -0.25) is 0 Å². The molecule has 3 heteroatoms. The molecule has 1 saturated heterocycles. The van der Waals surface area contributed by atoms with Gasteiger partial charge in [0.15, 0.2) is 0 Å². The van der Waals surface area contributed by atoms with Gasteiger partial charge in [-0.2, -0.15) is 0 Å². The van der Waals surface area contributed by atoms with E-state index in [1.54, 1.807) is 0 Å². The highest BCUT2D eigenvalue weighted by Crippen LogP contribution is 2.32. The van der Waals surface area contributed by atoms with Crippen LogP contribution in [0, 0.1) is 0 Å². The Morgan fingerprint density at radius 2 is 1.52 bits per heavy atom. The van der Waals surface area contributed by atoms with Gasteiger partial charge in [-0.05, 0) is 49.3 Å². The van der Waals surface area contributed by atoms with E-state index in [1.807, 2.05) is 42.1 Å². The Bertz CT molecular complexity index is 579. The minimum atomic E-state index is -0.628. The first-order valence-electron chi connectivity index (χ1n) is 8.44. The van der Waals surface area contributed by atoms with Crippen molar-refractivity contribution in [3.05, 3.63) is 66.2 Å². The second-order valence-corrected chi connectivity index (χ2v) is 7.42. The van der Waals surface area contributed by atoms with Crippen LogP contribution in [0.25, 0.3) is 0 Å². The van der Waals surface area contributed by atoms with E-state index in [-0.39, 0.29) is 0 Å². The zero-order chi connectivity index (χ0) is 16.0. The van der Waals surface area contributed by atoms with Gasteiger partial charge in [-0.15, -0.1) is 11.8 Å². The monoisotopic (exact) mass is 327 g/mol. The second kappa shape index (κ2) is 8.00. The molecule has 2 nitrogen and oxygen atoms in total. The van der Waals surface area contributed by atoms with E-state index < -0.39 is 5.60 Å². The molecule has 1 aliphatic rings. The van der Waals surface area contributed by atoms with Crippen LogP contribution in [0.5, 0.6) is 0 Å². The lowest BCUT2D eigenvalue weighted by atomic mass is 9.84. The summed E-state index contributed by atoms with van der Waals surface area (Å²) < 4.78 is 0. The molecule has 1 heterocycles. The van der Waals surface area contributed by atoms with Crippen molar-refractivity contribution in [1.82, 2.24) is 4.90 Å². The minimum Gasteiger partial charge on any atom is -0.385 e. The third-order valence-electron chi connectivity index (χ3n) is 4.62. The number of piperidine rings is 1. The first kappa shape index (κ1) is 16.6. The third-order valence-corrected chi connectivity index (χ3v) is 5.72. The van der Waals surface area contributed by atoms with Crippen LogP contribution in [0.1, 0.15) is 24.8 Å². The molecule has 3 rings (SSSR count). The number of likely N-dealkylation sites (tertiary alicyclic amines) is 1. The molecule has 0 aromatic heterocycles.